The highest BCUT2D eigenvalue weighted by molar-refractivity contribution is 5.95. The van der Waals surface area contributed by atoms with Crippen LogP contribution in [0.2, 0.25) is 0 Å². The van der Waals surface area contributed by atoms with E-state index >= 15 is 0 Å². The highest BCUT2D eigenvalue weighted by Crippen LogP contribution is 2.20. The lowest BCUT2D eigenvalue weighted by Crippen LogP contribution is -2.26. The van der Waals surface area contributed by atoms with Gasteiger partial charge < -0.3 is 15.6 Å². The number of benzene rings is 1. The van der Waals surface area contributed by atoms with E-state index in [1.165, 1.54) is 0 Å². The quantitative estimate of drug-likeness (QED) is 0.844. The summed E-state index contributed by atoms with van der Waals surface area (Å²) in [7, 11) is 2.00. The first kappa shape index (κ1) is 11.7. The van der Waals surface area contributed by atoms with Crippen molar-refractivity contribution in [3.63, 3.8) is 0 Å². The molecule has 1 amide bonds. The maximum atomic E-state index is 11.7. The molecule has 0 aliphatic carbocycles. The molecular weight excluding hydrogens is 214 g/mol. The van der Waals surface area contributed by atoms with Gasteiger partial charge in [0.2, 0.25) is 5.91 Å². The van der Waals surface area contributed by atoms with Crippen LogP contribution in [-0.4, -0.2) is 17.0 Å². The second kappa shape index (κ2) is 4.59. The SMILES string of the molecule is CC(CN)C(=O)Nc1ccc2c(ccn2C)c1. The summed E-state index contributed by atoms with van der Waals surface area (Å²) >= 11 is 0. The van der Waals surface area contributed by atoms with Crippen molar-refractivity contribution >= 4 is 22.5 Å². The summed E-state index contributed by atoms with van der Waals surface area (Å²) in [6.07, 6.45) is 2.00. The molecule has 0 aliphatic rings. The van der Waals surface area contributed by atoms with Crippen LogP contribution in [0, 0.1) is 5.92 Å². The van der Waals surface area contributed by atoms with E-state index in [2.05, 4.69) is 5.32 Å². The average Bonchev–Trinajstić information content (AvgIpc) is 2.69. The molecule has 0 bridgehead atoms. The Labute approximate surface area is 100 Å². The van der Waals surface area contributed by atoms with E-state index < -0.39 is 0 Å². The van der Waals surface area contributed by atoms with Crippen molar-refractivity contribution in [2.24, 2.45) is 18.7 Å². The molecule has 1 unspecified atom stereocenters. The Bertz CT molecular complexity index is 545. The molecule has 2 rings (SSSR count). The fraction of sp³-hybridized carbons (Fsp3) is 0.308. The molecule has 3 N–H and O–H groups in total. The Morgan fingerprint density at radius 2 is 2.24 bits per heavy atom. The standard InChI is InChI=1S/C13H17N3O/c1-9(8-14)13(17)15-11-3-4-12-10(7-11)5-6-16(12)2/h3-7,9H,8,14H2,1-2H3,(H,15,17). The van der Waals surface area contributed by atoms with E-state index in [4.69, 9.17) is 5.73 Å². The van der Waals surface area contributed by atoms with Crippen molar-refractivity contribution in [3.05, 3.63) is 30.5 Å². The van der Waals surface area contributed by atoms with Gasteiger partial charge in [0.15, 0.2) is 0 Å². The second-order valence-electron chi connectivity index (χ2n) is 4.33. The first-order valence-electron chi connectivity index (χ1n) is 5.68. The van der Waals surface area contributed by atoms with E-state index in [-0.39, 0.29) is 11.8 Å². The number of aryl methyl sites for hydroxylation is 1. The monoisotopic (exact) mass is 231 g/mol. The molecule has 4 heteroatoms. The lowest BCUT2D eigenvalue weighted by Gasteiger charge is -2.10. The molecule has 2 aromatic rings. The van der Waals surface area contributed by atoms with Gasteiger partial charge in [-0.15, -0.1) is 0 Å². The Balaban J connectivity index is 2.22. The molecule has 0 saturated heterocycles. The van der Waals surface area contributed by atoms with E-state index in [1.807, 2.05) is 49.0 Å². The highest BCUT2D eigenvalue weighted by atomic mass is 16.1. The van der Waals surface area contributed by atoms with Gasteiger partial charge in [0.25, 0.3) is 0 Å². The summed E-state index contributed by atoms with van der Waals surface area (Å²) in [4.78, 5) is 11.7. The van der Waals surface area contributed by atoms with E-state index in [9.17, 15) is 4.79 Å². The van der Waals surface area contributed by atoms with E-state index in [1.54, 1.807) is 0 Å². The van der Waals surface area contributed by atoms with Gasteiger partial charge in [-0.2, -0.15) is 0 Å². The molecule has 4 nitrogen and oxygen atoms in total. The van der Waals surface area contributed by atoms with Gasteiger partial charge in [0.05, 0.1) is 0 Å². The van der Waals surface area contributed by atoms with Crippen molar-refractivity contribution in [2.75, 3.05) is 11.9 Å². The number of nitrogens with two attached hydrogens (primary N) is 1. The lowest BCUT2D eigenvalue weighted by atomic mass is 10.1. The van der Waals surface area contributed by atoms with Crippen LogP contribution in [0.1, 0.15) is 6.92 Å². The number of fused-ring (bicyclic) bond motifs is 1. The first-order valence-corrected chi connectivity index (χ1v) is 5.68. The molecular formula is C13H17N3O. The van der Waals surface area contributed by atoms with E-state index in [0.29, 0.717) is 6.54 Å². The van der Waals surface area contributed by atoms with Crippen molar-refractivity contribution in [1.29, 1.82) is 0 Å². The average molecular weight is 231 g/mol. The number of aromatic nitrogens is 1. The number of carbonyl (C=O) groups is 1. The Kier molecular flexibility index (Phi) is 3.15. The van der Waals surface area contributed by atoms with Crippen LogP contribution in [0.15, 0.2) is 30.5 Å². The van der Waals surface area contributed by atoms with Gasteiger partial charge in [-0.1, -0.05) is 6.92 Å². The van der Waals surface area contributed by atoms with Crippen molar-refractivity contribution in [3.8, 4) is 0 Å². The Hall–Kier alpha value is -1.81. The topological polar surface area (TPSA) is 60.1 Å². The van der Waals surface area contributed by atoms with Crippen molar-refractivity contribution in [2.45, 2.75) is 6.92 Å². The molecule has 0 fully saturated rings. The Morgan fingerprint density at radius 1 is 1.47 bits per heavy atom. The number of carbonyl (C=O) groups excluding carboxylic acids is 1. The van der Waals surface area contributed by atoms with Crippen molar-refractivity contribution < 1.29 is 4.79 Å². The minimum absolute atomic E-state index is 0.0391. The predicted octanol–water partition coefficient (Wildman–Crippen LogP) is 1.71. The highest BCUT2D eigenvalue weighted by Gasteiger charge is 2.11. The maximum Gasteiger partial charge on any atom is 0.228 e. The van der Waals surface area contributed by atoms with Gasteiger partial charge >= 0.3 is 0 Å². The third-order valence-corrected chi connectivity index (χ3v) is 2.95. The summed E-state index contributed by atoms with van der Waals surface area (Å²) in [6.45, 7) is 2.18. The van der Waals surface area contributed by atoms with Gasteiger partial charge in [-0.3, -0.25) is 4.79 Å². The van der Waals surface area contributed by atoms with Crippen LogP contribution < -0.4 is 11.1 Å². The maximum absolute atomic E-state index is 11.7. The summed E-state index contributed by atoms with van der Waals surface area (Å²) in [5.74, 6) is -0.204. The predicted molar refractivity (Wildman–Crippen MR) is 69.8 cm³/mol. The normalized spacial score (nSPS) is 12.6. The molecule has 0 radical (unpaired) electrons. The summed E-state index contributed by atoms with van der Waals surface area (Å²) < 4.78 is 2.05. The zero-order chi connectivity index (χ0) is 12.4. The third-order valence-electron chi connectivity index (χ3n) is 2.95. The number of anilines is 1. The minimum Gasteiger partial charge on any atom is -0.351 e. The van der Waals surface area contributed by atoms with Crippen molar-refractivity contribution in [1.82, 2.24) is 4.57 Å². The van der Waals surface area contributed by atoms with Gasteiger partial charge in [-0.05, 0) is 24.3 Å². The van der Waals surface area contributed by atoms with Gasteiger partial charge in [0, 0.05) is 42.3 Å². The van der Waals surface area contributed by atoms with Crippen LogP contribution in [0.3, 0.4) is 0 Å². The zero-order valence-corrected chi connectivity index (χ0v) is 10.1. The van der Waals surface area contributed by atoms with E-state index in [0.717, 1.165) is 16.6 Å². The summed E-state index contributed by atoms with van der Waals surface area (Å²) in [5.41, 5.74) is 7.42. The van der Waals surface area contributed by atoms with Gasteiger partial charge in [0.1, 0.15) is 0 Å². The fourth-order valence-electron chi connectivity index (χ4n) is 1.73. The first-order chi connectivity index (χ1) is 8.11. The Morgan fingerprint density at radius 3 is 2.94 bits per heavy atom. The second-order valence-corrected chi connectivity index (χ2v) is 4.33. The molecule has 1 aromatic carbocycles. The molecule has 0 saturated carbocycles. The molecule has 17 heavy (non-hydrogen) atoms. The van der Waals surface area contributed by atoms with Crippen LogP contribution >= 0.6 is 0 Å². The molecule has 90 valence electrons. The lowest BCUT2D eigenvalue weighted by molar-refractivity contribution is -0.119. The summed E-state index contributed by atoms with van der Waals surface area (Å²) in [5, 5.41) is 3.98. The molecule has 1 heterocycles. The molecule has 0 spiro atoms. The number of nitrogens with one attached hydrogen (secondary N) is 1. The largest absolute Gasteiger partial charge is 0.351 e. The van der Waals surface area contributed by atoms with Crippen LogP contribution in [0.25, 0.3) is 10.9 Å². The fourth-order valence-corrected chi connectivity index (χ4v) is 1.73. The van der Waals surface area contributed by atoms with Crippen LogP contribution in [-0.2, 0) is 11.8 Å². The number of amides is 1. The summed E-state index contributed by atoms with van der Waals surface area (Å²) in [6, 6.07) is 7.90. The third kappa shape index (κ3) is 2.31. The number of rotatable bonds is 3. The molecule has 1 aromatic heterocycles. The number of hydrogen-bond donors (Lipinski definition) is 2. The number of hydrogen-bond acceptors (Lipinski definition) is 2. The molecule has 0 aliphatic heterocycles. The molecule has 1 atom stereocenters. The van der Waals surface area contributed by atoms with Gasteiger partial charge in [-0.25, -0.2) is 0 Å². The zero-order valence-electron chi connectivity index (χ0n) is 10.1. The number of nitrogens with zero attached hydrogens (tertiary/aromatic N) is 1. The smallest absolute Gasteiger partial charge is 0.228 e. The minimum atomic E-state index is -0.165. The van der Waals surface area contributed by atoms with Crippen LogP contribution in [0.5, 0.6) is 0 Å². The van der Waals surface area contributed by atoms with Crippen LogP contribution in [0.4, 0.5) is 5.69 Å².